The second-order valence-electron chi connectivity index (χ2n) is 8.40. The van der Waals surface area contributed by atoms with Gasteiger partial charge in [-0.2, -0.15) is 0 Å². The first kappa shape index (κ1) is 15.9. The molecule has 1 aromatic carbocycles. The Morgan fingerprint density at radius 3 is 2.79 bits per heavy atom. The van der Waals surface area contributed by atoms with Crippen LogP contribution in [0.1, 0.15) is 62.5 Å². The molecule has 3 aliphatic carbocycles. The molecule has 4 nitrogen and oxygen atoms in total. The number of hydrogen-bond acceptors (Lipinski definition) is 3. The molecule has 0 aliphatic heterocycles. The van der Waals surface area contributed by atoms with Crippen LogP contribution in [0.4, 0.5) is 0 Å². The molecule has 3 N–H and O–H groups in total. The second-order valence-corrected chi connectivity index (χ2v) is 8.40. The lowest BCUT2D eigenvalue weighted by Crippen LogP contribution is -2.51. The van der Waals surface area contributed by atoms with Crippen LogP contribution in [0.5, 0.6) is 5.75 Å². The molecule has 4 rings (SSSR count). The fraction of sp³-hybridized carbons (Fsp3) is 0.650. The first-order chi connectivity index (χ1) is 11.3. The van der Waals surface area contributed by atoms with E-state index in [1.54, 1.807) is 6.07 Å². The minimum atomic E-state index is -1.07. The summed E-state index contributed by atoms with van der Waals surface area (Å²) in [6.07, 6.45) is 5.31. The lowest BCUT2D eigenvalue weighted by molar-refractivity contribution is -0.153. The third-order valence-electron chi connectivity index (χ3n) is 7.48. The summed E-state index contributed by atoms with van der Waals surface area (Å²) in [5, 5.41) is 30.1. The lowest BCUT2D eigenvalue weighted by atomic mass is 9.53. The molecule has 2 saturated carbocycles. The number of hydrogen-bond donors (Lipinski definition) is 3. The number of carboxylic acids is 1. The number of carbonyl (C=O) groups is 1. The Labute approximate surface area is 142 Å². The van der Waals surface area contributed by atoms with Crippen LogP contribution in [0.15, 0.2) is 18.2 Å². The number of fused-ring (bicyclic) bond motifs is 5. The van der Waals surface area contributed by atoms with Gasteiger partial charge in [-0.15, -0.1) is 0 Å². The number of aliphatic hydroxyl groups is 1. The van der Waals surface area contributed by atoms with Crippen LogP contribution in [0.3, 0.4) is 0 Å². The van der Waals surface area contributed by atoms with E-state index in [9.17, 15) is 20.1 Å². The van der Waals surface area contributed by atoms with Crippen molar-refractivity contribution in [3.63, 3.8) is 0 Å². The van der Waals surface area contributed by atoms with E-state index in [1.165, 1.54) is 11.1 Å². The van der Waals surface area contributed by atoms with E-state index < -0.39 is 11.6 Å². The topological polar surface area (TPSA) is 77.8 Å². The van der Waals surface area contributed by atoms with Crippen molar-refractivity contribution < 1.29 is 20.1 Å². The highest BCUT2D eigenvalue weighted by Gasteiger charge is 2.61. The van der Waals surface area contributed by atoms with Gasteiger partial charge in [0.2, 0.25) is 0 Å². The molecule has 0 aromatic heterocycles. The number of aromatic hydroxyl groups is 1. The zero-order valence-corrected chi connectivity index (χ0v) is 14.2. The van der Waals surface area contributed by atoms with Gasteiger partial charge in [-0.1, -0.05) is 13.0 Å². The van der Waals surface area contributed by atoms with Gasteiger partial charge < -0.3 is 15.3 Å². The number of benzene rings is 1. The fourth-order valence-electron chi connectivity index (χ4n) is 6.22. The number of aliphatic carboxylic acids is 1. The molecule has 0 bridgehead atoms. The molecular formula is C20H26O4. The molecule has 0 radical (unpaired) electrons. The summed E-state index contributed by atoms with van der Waals surface area (Å²) >= 11 is 0. The van der Waals surface area contributed by atoms with Crippen LogP contribution >= 0.6 is 0 Å². The van der Waals surface area contributed by atoms with Gasteiger partial charge in [0.05, 0.1) is 12.0 Å². The molecule has 4 heteroatoms. The van der Waals surface area contributed by atoms with Crippen molar-refractivity contribution in [2.75, 3.05) is 0 Å². The Bertz CT molecular complexity index is 684. The van der Waals surface area contributed by atoms with Gasteiger partial charge in [-0.05, 0) is 79.5 Å². The largest absolute Gasteiger partial charge is 0.508 e. The number of rotatable bonds is 2. The molecule has 0 heterocycles. The van der Waals surface area contributed by atoms with Gasteiger partial charge in [0, 0.05) is 5.41 Å². The van der Waals surface area contributed by atoms with Crippen molar-refractivity contribution in [3.8, 4) is 5.75 Å². The van der Waals surface area contributed by atoms with Crippen LogP contribution in [-0.2, 0) is 11.2 Å². The monoisotopic (exact) mass is 330 g/mol. The Hall–Kier alpha value is -1.55. The van der Waals surface area contributed by atoms with Crippen LogP contribution in [0.25, 0.3) is 0 Å². The zero-order valence-electron chi connectivity index (χ0n) is 14.2. The number of aryl methyl sites for hydroxylation is 1. The Morgan fingerprint density at radius 2 is 2.04 bits per heavy atom. The summed E-state index contributed by atoms with van der Waals surface area (Å²) in [6, 6.07) is 5.75. The van der Waals surface area contributed by atoms with Gasteiger partial charge in [0.25, 0.3) is 0 Å². The van der Waals surface area contributed by atoms with Crippen molar-refractivity contribution in [2.45, 2.75) is 63.4 Å². The highest BCUT2D eigenvalue weighted by molar-refractivity contribution is 5.68. The van der Waals surface area contributed by atoms with Crippen molar-refractivity contribution in [3.05, 3.63) is 29.3 Å². The van der Waals surface area contributed by atoms with E-state index in [-0.39, 0.29) is 11.8 Å². The SMILES string of the molecule is C[C@]12CC[C@@H]3c4ccc(O)cc4CC[C@H]3[C@@H]1CC[C@@]2(O)CC(=O)O. The summed E-state index contributed by atoms with van der Waals surface area (Å²) < 4.78 is 0. The van der Waals surface area contributed by atoms with Crippen LogP contribution in [-0.4, -0.2) is 26.9 Å². The first-order valence-electron chi connectivity index (χ1n) is 9.10. The van der Waals surface area contributed by atoms with E-state index in [2.05, 4.69) is 13.0 Å². The molecule has 0 amide bonds. The maximum absolute atomic E-state index is 11.3. The van der Waals surface area contributed by atoms with Crippen LogP contribution in [0.2, 0.25) is 0 Å². The molecule has 5 atom stereocenters. The normalized spacial score (nSPS) is 40.5. The standard InChI is InChI=1S/C20H26O4/c1-19-8-6-15-14-5-3-13(21)10-12(14)2-4-16(15)17(19)7-9-20(19,24)11-18(22)23/h3,5,10,15-17,21,24H,2,4,6-9,11H2,1H3,(H,22,23)/t15-,16-,17+,19+,20-/m1/s1. The van der Waals surface area contributed by atoms with E-state index in [4.69, 9.17) is 0 Å². The van der Waals surface area contributed by atoms with Gasteiger partial charge in [0.15, 0.2) is 0 Å². The van der Waals surface area contributed by atoms with Gasteiger partial charge >= 0.3 is 5.97 Å². The second kappa shape index (κ2) is 5.22. The van der Waals surface area contributed by atoms with Crippen molar-refractivity contribution >= 4 is 5.97 Å². The van der Waals surface area contributed by atoms with E-state index in [0.29, 0.717) is 29.9 Å². The summed E-state index contributed by atoms with van der Waals surface area (Å²) in [6.45, 7) is 2.12. The molecule has 0 saturated heterocycles. The third kappa shape index (κ3) is 2.12. The van der Waals surface area contributed by atoms with E-state index in [0.717, 1.165) is 32.1 Å². The van der Waals surface area contributed by atoms with Crippen LogP contribution < -0.4 is 0 Å². The molecule has 0 spiro atoms. The average Bonchev–Trinajstić information content (AvgIpc) is 2.77. The maximum atomic E-state index is 11.3. The molecule has 3 aliphatic rings. The lowest BCUT2D eigenvalue weighted by Gasteiger charge is -2.53. The van der Waals surface area contributed by atoms with Crippen LogP contribution in [0, 0.1) is 17.3 Å². The highest BCUT2D eigenvalue weighted by atomic mass is 16.4. The summed E-state index contributed by atoms with van der Waals surface area (Å²) in [4.78, 5) is 11.3. The minimum absolute atomic E-state index is 0.137. The predicted molar refractivity (Wildman–Crippen MR) is 89.9 cm³/mol. The van der Waals surface area contributed by atoms with Gasteiger partial charge in [0.1, 0.15) is 5.75 Å². The minimum Gasteiger partial charge on any atom is -0.508 e. The molecule has 130 valence electrons. The Balaban J connectivity index is 1.67. The third-order valence-corrected chi connectivity index (χ3v) is 7.48. The average molecular weight is 330 g/mol. The summed E-state index contributed by atoms with van der Waals surface area (Å²) in [5.74, 6) is 0.835. The Kier molecular flexibility index (Phi) is 3.47. The van der Waals surface area contributed by atoms with E-state index in [1.807, 2.05) is 6.07 Å². The van der Waals surface area contributed by atoms with Gasteiger partial charge in [-0.25, -0.2) is 0 Å². The smallest absolute Gasteiger partial charge is 0.306 e. The van der Waals surface area contributed by atoms with E-state index >= 15 is 0 Å². The first-order valence-corrected chi connectivity index (χ1v) is 9.10. The Morgan fingerprint density at radius 1 is 1.25 bits per heavy atom. The van der Waals surface area contributed by atoms with Gasteiger partial charge in [-0.3, -0.25) is 4.79 Å². The highest BCUT2D eigenvalue weighted by Crippen LogP contribution is 2.65. The summed E-state index contributed by atoms with van der Waals surface area (Å²) in [5.41, 5.74) is 1.27. The van der Waals surface area contributed by atoms with Crippen molar-refractivity contribution in [1.82, 2.24) is 0 Å². The summed E-state index contributed by atoms with van der Waals surface area (Å²) in [7, 11) is 0. The predicted octanol–water partition coefficient (Wildman–Crippen LogP) is 3.45. The van der Waals surface area contributed by atoms with Crippen molar-refractivity contribution in [1.29, 1.82) is 0 Å². The maximum Gasteiger partial charge on any atom is 0.306 e. The fourth-order valence-corrected chi connectivity index (χ4v) is 6.22. The quantitative estimate of drug-likeness (QED) is 0.776. The number of phenols is 1. The molecular weight excluding hydrogens is 304 g/mol. The van der Waals surface area contributed by atoms with Crippen molar-refractivity contribution in [2.24, 2.45) is 17.3 Å². The molecule has 0 unspecified atom stereocenters. The molecule has 1 aromatic rings. The number of phenolic OH excluding ortho intramolecular Hbond substituents is 1. The molecule has 2 fully saturated rings. The zero-order chi connectivity index (χ0) is 17.1. The number of carboxylic acid groups (broad SMARTS) is 1. The molecule has 24 heavy (non-hydrogen) atoms.